The predicted octanol–water partition coefficient (Wildman–Crippen LogP) is 3.49. The van der Waals surface area contributed by atoms with Gasteiger partial charge in [-0.25, -0.2) is 9.37 Å². The first kappa shape index (κ1) is 11.0. The van der Waals surface area contributed by atoms with Crippen molar-refractivity contribution in [1.29, 1.82) is 0 Å². The monoisotopic (exact) mass is 262 g/mol. The molecule has 0 spiro atoms. The second kappa shape index (κ2) is 4.27. The quantitative estimate of drug-likeness (QED) is 0.695. The van der Waals surface area contributed by atoms with Crippen molar-refractivity contribution in [3.05, 3.63) is 47.5 Å². The molecule has 3 rings (SSSR count). The average molecular weight is 263 g/mol. The van der Waals surface area contributed by atoms with E-state index in [4.69, 9.17) is 11.6 Å². The lowest BCUT2D eigenvalue weighted by Crippen LogP contribution is -1.92. The molecule has 6 heteroatoms. The minimum Gasteiger partial charge on any atom is -0.337 e. The van der Waals surface area contributed by atoms with Crippen molar-refractivity contribution in [2.45, 2.75) is 0 Å². The number of pyridine rings is 1. The number of hydrogen-bond donors (Lipinski definition) is 2. The van der Waals surface area contributed by atoms with Crippen LogP contribution in [0.2, 0.25) is 5.15 Å². The minimum atomic E-state index is -0.328. The molecule has 0 aliphatic heterocycles. The number of anilines is 2. The van der Waals surface area contributed by atoms with Gasteiger partial charge in [-0.05, 0) is 24.3 Å². The SMILES string of the molecule is Fc1cccc2[nH]nc(Nc3ccc(Cl)nc3)c12. The van der Waals surface area contributed by atoms with Crippen molar-refractivity contribution in [1.82, 2.24) is 15.2 Å². The number of nitrogens with one attached hydrogen (secondary N) is 2. The number of nitrogens with zero attached hydrogens (tertiary/aromatic N) is 2. The van der Waals surface area contributed by atoms with E-state index in [0.717, 1.165) is 0 Å². The lowest BCUT2D eigenvalue weighted by molar-refractivity contribution is 0.640. The summed E-state index contributed by atoms with van der Waals surface area (Å²) >= 11 is 5.69. The molecule has 2 aromatic heterocycles. The molecular formula is C12H8ClFN4. The molecule has 0 atom stereocenters. The van der Waals surface area contributed by atoms with Gasteiger partial charge in [0.2, 0.25) is 0 Å². The second-order valence-electron chi connectivity index (χ2n) is 3.73. The summed E-state index contributed by atoms with van der Waals surface area (Å²) in [4.78, 5) is 3.93. The number of aromatic amines is 1. The van der Waals surface area contributed by atoms with Crippen molar-refractivity contribution in [2.24, 2.45) is 0 Å². The molecule has 0 fully saturated rings. The maximum Gasteiger partial charge on any atom is 0.163 e. The molecule has 0 unspecified atom stereocenters. The third kappa shape index (κ3) is 1.89. The van der Waals surface area contributed by atoms with Gasteiger partial charge in [0.05, 0.1) is 22.8 Å². The maximum absolute atomic E-state index is 13.7. The Kier molecular flexibility index (Phi) is 2.60. The van der Waals surface area contributed by atoms with E-state index < -0.39 is 0 Å². The van der Waals surface area contributed by atoms with Gasteiger partial charge in [-0.15, -0.1) is 0 Å². The number of benzene rings is 1. The highest BCUT2D eigenvalue weighted by molar-refractivity contribution is 6.29. The predicted molar refractivity (Wildman–Crippen MR) is 68.6 cm³/mol. The summed E-state index contributed by atoms with van der Waals surface area (Å²) in [5.74, 6) is 0.0953. The molecule has 90 valence electrons. The Labute approximate surface area is 107 Å². The first-order valence-electron chi connectivity index (χ1n) is 5.25. The maximum atomic E-state index is 13.7. The lowest BCUT2D eigenvalue weighted by Gasteiger charge is -2.03. The van der Waals surface area contributed by atoms with E-state index >= 15 is 0 Å². The van der Waals surface area contributed by atoms with E-state index in [1.54, 1.807) is 30.5 Å². The normalized spacial score (nSPS) is 10.8. The smallest absolute Gasteiger partial charge is 0.163 e. The van der Waals surface area contributed by atoms with Crippen LogP contribution in [-0.2, 0) is 0 Å². The van der Waals surface area contributed by atoms with Crippen LogP contribution in [0.25, 0.3) is 10.9 Å². The van der Waals surface area contributed by atoms with Crippen LogP contribution in [0.15, 0.2) is 36.5 Å². The van der Waals surface area contributed by atoms with E-state index in [-0.39, 0.29) is 5.82 Å². The highest BCUT2D eigenvalue weighted by atomic mass is 35.5. The van der Waals surface area contributed by atoms with E-state index in [1.165, 1.54) is 6.07 Å². The van der Waals surface area contributed by atoms with Gasteiger partial charge < -0.3 is 5.32 Å². The van der Waals surface area contributed by atoms with Gasteiger partial charge >= 0.3 is 0 Å². The molecule has 0 radical (unpaired) electrons. The zero-order chi connectivity index (χ0) is 12.5. The summed E-state index contributed by atoms with van der Waals surface area (Å²) in [6.07, 6.45) is 1.56. The molecule has 1 aromatic carbocycles. The van der Waals surface area contributed by atoms with Gasteiger partial charge in [0.15, 0.2) is 5.82 Å². The van der Waals surface area contributed by atoms with Crippen molar-refractivity contribution in [3.63, 3.8) is 0 Å². The number of hydrogen-bond acceptors (Lipinski definition) is 3. The first-order valence-corrected chi connectivity index (χ1v) is 5.63. The summed E-state index contributed by atoms with van der Waals surface area (Å²) in [5, 5.41) is 10.6. The third-order valence-electron chi connectivity index (χ3n) is 2.53. The topological polar surface area (TPSA) is 53.6 Å². The van der Waals surface area contributed by atoms with Crippen molar-refractivity contribution >= 4 is 34.0 Å². The molecular weight excluding hydrogens is 255 g/mol. The van der Waals surface area contributed by atoms with E-state index in [0.29, 0.717) is 27.6 Å². The van der Waals surface area contributed by atoms with Crippen molar-refractivity contribution < 1.29 is 4.39 Å². The average Bonchev–Trinajstić information content (AvgIpc) is 2.77. The summed E-state index contributed by atoms with van der Waals surface area (Å²) in [6, 6.07) is 8.18. The Morgan fingerprint density at radius 1 is 1.22 bits per heavy atom. The highest BCUT2D eigenvalue weighted by Gasteiger charge is 2.10. The molecule has 0 bridgehead atoms. The third-order valence-corrected chi connectivity index (χ3v) is 2.75. The molecule has 4 nitrogen and oxygen atoms in total. The van der Waals surface area contributed by atoms with Crippen molar-refractivity contribution in [2.75, 3.05) is 5.32 Å². The lowest BCUT2D eigenvalue weighted by atomic mass is 10.2. The van der Waals surface area contributed by atoms with Gasteiger partial charge in [-0.1, -0.05) is 17.7 Å². The Morgan fingerprint density at radius 2 is 2.11 bits per heavy atom. The summed E-state index contributed by atoms with van der Waals surface area (Å²) in [5.41, 5.74) is 1.33. The zero-order valence-corrected chi connectivity index (χ0v) is 9.87. The Balaban J connectivity index is 2.02. The standard InChI is InChI=1S/C12H8ClFN4/c13-10-5-4-7(6-15-10)16-12-11-8(14)2-1-3-9(11)17-18-12/h1-6H,(H2,16,17,18). The van der Waals surface area contributed by atoms with Crippen molar-refractivity contribution in [3.8, 4) is 0 Å². The number of aromatic nitrogens is 3. The summed E-state index contributed by atoms with van der Waals surface area (Å²) in [6.45, 7) is 0. The van der Waals surface area contributed by atoms with Crippen LogP contribution in [0.4, 0.5) is 15.9 Å². The molecule has 0 aliphatic rings. The van der Waals surface area contributed by atoms with Gasteiger partial charge in [0.25, 0.3) is 0 Å². The van der Waals surface area contributed by atoms with Crippen LogP contribution in [0.3, 0.4) is 0 Å². The van der Waals surface area contributed by atoms with Crippen LogP contribution in [0.1, 0.15) is 0 Å². The first-order chi connectivity index (χ1) is 8.74. The fraction of sp³-hybridized carbons (Fsp3) is 0. The molecule has 0 aliphatic carbocycles. The van der Waals surface area contributed by atoms with Crippen LogP contribution < -0.4 is 5.32 Å². The minimum absolute atomic E-state index is 0.328. The number of rotatable bonds is 2. The summed E-state index contributed by atoms with van der Waals surface area (Å²) in [7, 11) is 0. The fourth-order valence-electron chi connectivity index (χ4n) is 1.71. The zero-order valence-electron chi connectivity index (χ0n) is 9.11. The molecule has 0 saturated heterocycles. The number of fused-ring (bicyclic) bond motifs is 1. The fourth-order valence-corrected chi connectivity index (χ4v) is 1.82. The van der Waals surface area contributed by atoms with Gasteiger partial charge in [-0.3, -0.25) is 5.10 Å². The Morgan fingerprint density at radius 3 is 2.89 bits per heavy atom. The van der Waals surface area contributed by atoms with Crippen LogP contribution >= 0.6 is 11.6 Å². The van der Waals surface area contributed by atoms with Crippen LogP contribution in [0.5, 0.6) is 0 Å². The molecule has 0 saturated carbocycles. The molecule has 18 heavy (non-hydrogen) atoms. The molecule has 3 aromatic rings. The van der Waals surface area contributed by atoms with Gasteiger partial charge in [0, 0.05) is 0 Å². The number of halogens is 2. The van der Waals surface area contributed by atoms with Gasteiger partial charge in [0.1, 0.15) is 11.0 Å². The van der Waals surface area contributed by atoms with Crippen LogP contribution in [0, 0.1) is 5.82 Å². The largest absolute Gasteiger partial charge is 0.337 e. The Hall–Kier alpha value is -2.14. The molecule has 2 heterocycles. The van der Waals surface area contributed by atoms with Gasteiger partial charge in [-0.2, -0.15) is 5.10 Å². The van der Waals surface area contributed by atoms with E-state index in [1.807, 2.05) is 0 Å². The van der Waals surface area contributed by atoms with Crippen LogP contribution in [-0.4, -0.2) is 15.2 Å². The van der Waals surface area contributed by atoms with E-state index in [2.05, 4.69) is 20.5 Å². The van der Waals surface area contributed by atoms with E-state index in [9.17, 15) is 4.39 Å². The summed E-state index contributed by atoms with van der Waals surface area (Å²) < 4.78 is 13.7. The second-order valence-corrected chi connectivity index (χ2v) is 4.12. The Bertz CT molecular complexity index is 693. The molecule has 2 N–H and O–H groups in total. The number of H-pyrrole nitrogens is 1. The molecule has 0 amide bonds. The highest BCUT2D eigenvalue weighted by Crippen LogP contribution is 2.26.